The van der Waals surface area contributed by atoms with E-state index in [9.17, 15) is 5.11 Å². The Hall–Kier alpha value is -1.59. The van der Waals surface area contributed by atoms with E-state index in [1.807, 2.05) is 25.3 Å². The number of benzene rings is 1. The molecule has 0 fully saturated rings. The van der Waals surface area contributed by atoms with Gasteiger partial charge in [-0.3, -0.25) is 0 Å². The van der Waals surface area contributed by atoms with Gasteiger partial charge in [-0.15, -0.1) is 11.3 Å². The fourth-order valence-corrected chi connectivity index (χ4v) is 2.88. The predicted molar refractivity (Wildman–Crippen MR) is 82.5 cm³/mol. The van der Waals surface area contributed by atoms with Crippen LogP contribution in [0.1, 0.15) is 31.7 Å². The lowest BCUT2D eigenvalue weighted by Crippen LogP contribution is -2.16. The summed E-state index contributed by atoms with van der Waals surface area (Å²) in [7, 11) is 0. The Labute approximate surface area is 123 Å². The number of phenolic OH excluding ortho intramolecular Hbond substituents is 1. The van der Waals surface area contributed by atoms with E-state index in [1.165, 1.54) is 4.88 Å². The van der Waals surface area contributed by atoms with E-state index in [-0.39, 0.29) is 5.75 Å². The van der Waals surface area contributed by atoms with E-state index in [4.69, 9.17) is 4.74 Å². The molecule has 0 bridgehead atoms. The third kappa shape index (κ3) is 3.29. The van der Waals surface area contributed by atoms with Gasteiger partial charge in [0.05, 0.1) is 6.61 Å². The van der Waals surface area contributed by atoms with Gasteiger partial charge in [-0.25, -0.2) is 4.98 Å². The molecule has 108 valence electrons. The summed E-state index contributed by atoms with van der Waals surface area (Å²) in [6.07, 6.45) is 1.90. The fraction of sp³-hybridized carbons (Fsp3) is 0.400. The molecule has 2 N–H and O–H groups in total. The average molecular weight is 292 g/mol. The molecule has 4 nitrogen and oxygen atoms in total. The molecule has 0 saturated carbocycles. The number of phenols is 1. The number of aromatic hydroxyl groups is 1. The van der Waals surface area contributed by atoms with Crippen LogP contribution in [0.15, 0.2) is 24.4 Å². The van der Waals surface area contributed by atoms with E-state index >= 15 is 0 Å². The first-order valence-electron chi connectivity index (χ1n) is 6.81. The standard InChI is InChI=1S/C15H20N2O2S/c1-4-16-10(3)14-9-17-15(20-14)11-6-7-12(18)13(8-11)19-5-2/h6-10,16,18H,4-5H2,1-3H3. The zero-order valence-corrected chi connectivity index (χ0v) is 12.8. The van der Waals surface area contributed by atoms with Crippen molar-refractivity contribution in [1.29, 1.82) is 0 Å². The first-order chi connectivity index (χ1) is 9.65. The molecule has 1 heterocycles. The SMILES string of the molecule is CCNC(C)c1cnc(-c2ccc(O)c(OCC)c2)s1. The van der Waals surface area contributed by atoms with E-state index in [2.05, 4.69) is 24.1 Å². The van der Waals surface area contributed by atoms with Gasteiger partial charge in [0, 0.05) is 22.7 Å². The number of aromatic nitrogens is 1. The zero-order chi connectivity index (χ0) is 14.5. The number of thiazole rings is 1. The second-order valence-corrected chi connectivity index (χ2v) is 5.52. The smallest absolute Gasteiger partial charge is 0.161 e. The Morgan fingerprint density at radius 1 is 1.40 bits per heavy atom. The Morgan fingerprint density at radius 3 is 2.90 bits per heavy atom. The maximum atomic E-state index is 9.72. The van der Waals surface area contributed by atoms with Gasteiger partial charge in [-0.2, -0.15) is 0 Å². The van der Waals surface area contributed by atoms with Gasteiger partial charge in [-0.05, 0) is 38.6 Å². The molecule has 0 radical (unpaired) electrons. The molecule has 5 heteroatoms. The van der Waals surface area contributed by atoms with Crippen LogP contribution in [-0.4, -0.2) is 23.2 Å². The van der Waals surface area contributed by atoms with Crippen molar-refractivity contribution >= 4 is 11.3 Å². The summed E-state index contributed by atoms with van der Waals surface area (Å²) >= 11 is 1.66. The van der Waals surface area contributed by atoms with Gasteiger partial charge < -0.3 is 15.2 Å². The van der Waals surface area contributed by atoms with E-state index in [0.717, 1.165) is 17.1 Å². The fourth-order valence-electron chi connectivity index (χ4n) is 1.95. The summed E-state index contributed by atoms with van der Waals surface area (Å²) < 4.78 is 5.41. The van der Waals surface area contributed by atoms with E-state index in [0.29, 0.717) is 18.4 Å². The summed E-state index contributed by atoms with van der Waals surface area (Å²) in [6, 6.07) is 5.64. The van der Waals surface area contributed by atoms with Gasteiger partial charge in [0.1, 0.15) is 5.01 Å². The van der Waals surface area contributed by atoms with Gasteiger partial charge in [0.25, 0.3) is 0 Å². The molecule has 0 aliphatic carbocycles. The van der Waals surface area contributed by atoms with Crippen LogP contribution >= 0.6 is 11.3 Å². The minimum atomic E-state index is 0.161. The minimum Gasteiger partial charge on any atom is -0.504 e. The summed E-state index contributed by atoms with van der Waals surface area (Å²) in [6.45, 7) is 7.57. The normalized spacial score (nSPS) is 12.3. The van der Waals surface area contributed by atoms with Crippen LogP contribution < -0.4 is 10.1 Å². The first kappa shape index (κ1) is 14.8. The second-order valence-electron chi connectivity index (χ2n) is 4.46. The minimum absolute atomic E-state index is 0.161. The second kappa shape index (κ2) is 6.72. The predicted octanol–water partition coefficient (Wildman–Crippen LogP) is 3.58. The van der Waals surface area contributed by atoms with Gasteiger partial charge in [0.2, 0.25) is 0 Å². The number of rotatable bonds is 6. The van der Waals surface area contributed by atoms with Crippen LogP contribution in [0, 0.1) is 0 Å². The number of hydrogen-bond acceptors (Lipinski definition) is 5. The summed E-state index contributed by atoms with van der Waals surface area (Å²) in [5.41, 5.74) is 0.964. The highest BCUT2D eigenvalue weighted by molar-refractivity contribution is 7.15. The van der Waals surface area contributed by atoms with Crippen LogP contribution in [0.4, 0.5) is 0 Å². The van der Waals surface area contributed by atoms with Crippen molar-refractivity contribution in [3.8, 4) is 22.1 Å². The van der Waals surface area contributed by atoms with Crippen LogP contribution in [0.2, 0.25) is 0 Å². The lowest BCUT2D eigenvalue weighted by atomic mass is 10.2. The number of nitrogens with zero attached hydrogens (tertiary/aromatic N) is 1. The Kier molecular flexibility index (Phi) is 4.98. The molecule has 1 unspecified atom stereocenters. The maximum absolute atomic E-state index is 9.72. The van der Waals surface area contributed by atoms with Crippen LogP contribution in [0.25, 0.3) is 10.6 Å². The van der Waals surface area contributed by atoms with E-state index < -0.39 is 0 Å². The number of ether oxygens (including phenoxy) is 1. The quantitative estimate of drug-likeness (QED) is 0.854. The van der Waals surface area contributed by atoms with Gasteiger partial charge >= 0.3 is 0 Å². The molecule has 0 aliphatic rings. The monoisotopic (exact) mass is 292 g/mol. The largest absolute Gasteiger partial charge is 0.504 e. The highest BCUT2D eigenvalue weighted by Gasteiger charge is 2.12. The number of hydrogen-bond donors (Lipinski definition) is 2. The molecule has 2 rings (SSSR count). The molecule has 1 aromatic heterocycles. The summed E-state index contributed by atoms with van der Waals surface area (Å²) in [5, 5.41) is 14.0. The third-order valence-electron chi connectivity index (χ3n) is 2.97. The molecule has 20 heavy (non-hydrogen) atoms. The van der Waals surface area contributed by atoms with Crippen molar-refractivity contribution in [3.05, 3.63) is 29.3 Å². The van der Waals surface area contributed by atoms with Crippen LogP contribution in [-0.2, 0) is 0 Å². The molecule has 0 aliphatic heterocycles. The lowest BCUT2D eigenvalue weighted by Gasteiger charge is -2.08. The van der Waals surface area contributed by atoms with Gasteiger partial charge in [0.15, 0.2) is 11.5 Å². The maximum Gasteiger partial charge on any atom is 0.161 e. The molecular weight excluding hydrogens is 272 g/mol. The highest BCUT2D eigenvalue weighted by atomic mass is 32.1. The molecule has 1 atom stereocenters. The van der Waals surface area contributed by atoms with E-state index in [1.54, 1.807) is 17.4 Å². The highest BCUT2D eigenvalue weighted by Crippen LogP contribution is 2.34. The summed E-state index contributed by atoms with van der Waals surface area (Å²) in [5.74, 6) is 0.662. The molecule has 0 saturated heterocycles. The summed E-state index contributed by atoms with van der Waals surface area (Å²) in [4.78, 5) is 5.66. The topological polar surface area (TPSA) is 54.4 Å². The van der Waals surface area contributed by atoms with Crippen LogP contribution in [0.5, 0.6) is 11.5 Å². The molecule has 0 spiro atoms. The Bertz CT molecular complexity index is 569. The van der Waals surface area contributed by atoms with Gasteiger partial charge in [-0.1, -0.05) is 6.92 Å². The number of nitrogens with one attached hydrogen (secondary N) is 1. The molecule has 1 aromatic carbocycles. The van der Waals surface area contributed by atoms with Crippen molar-refractivity contribution in [2.45, 2.75) is 26.8 Å². The molecule has 0 amide bonds. The van der Waals surface area contributed by atoms with Crippen molar-refractivity contribution in [3.63, 3.8) is 0 Å². The lowest BCUT2D eigenvalue weighted by molar-refractivity contribution is 0.318. The Balaban J connectivity index is 2.25. The zero-order valence-electron chi connectivity index (χ0n) is 12.0. The molecular formula is C15H20N2O2S. The van der Waals surface area contributed by atoms with Crippen molar-refractivity contribution in [1.82, 2.24) is 10.3 Å². The Morgan fingerprint density at radius 2 is 2.20 bits per heavy atom. The van der Waals surface area contributed by atoms with Crippen molar-refractivity contribution in [2.24, 2.45) is 0 Å². The van der Waals surface area contributed by atoms with Crippen molar-refractivity contribution in [2.75, 3.05) is 13.2 Å². The first-order valence-corrected chi connectivity index (χ1v) is 7.62. The van der Waals surface area contributed by atoms with Crippen molar-refractivity contribution < 1.29 is 9.84 Å². The third-order valence-corrected chi connectivity index (χ3v) is 4.20. The molecule has 2 aromatic rings. The van der Waals surface area contributed by atoms with Crippen LogP contribution in [0.3, 0.4) is 0 Å². The average Bonchev–Trinajstić information content (AvgIpc) is 2.91.